The van der Waals surface area contributed by atoms with Crippen LogP contribution in [0.2, 0.25) is 0 Å². The number of benzene rings is 1. The third-order valence-electron chi connectivity index (χ3n) is 4.42. The highest BCUT2D eigenvalue weighted by Crippen LogP contribution is 2.34. The molecule has 0 bridgehead atoms. The zero-order valence-electron chi connectivity index (χ0n) is 15.8. The number of aromatic nitrogens is 2. The molecule has 1 amide bonds. The van der Waals surface area contributed by atoms with Crippen molar-refractivity contribution in [2.24, 2.45) is 5.92 Å². The lowest BCUT2D eigenvalue weighted by Crippen LogP contribution is -2.49. The fourth-order valence-electron chi connectivity index (χ4n) is 3.34. The van der Waals surface area contributed by atoms with Crippen LogP contribution in [0.5, 0.6) is 0 Å². The monoisotopic (exact) mass is 375 g/mol. The number of H-pyrrole nitrogens is 1. The largest absolute Gasteiger partial charge is 0.465 e. The van der Waals surface area contributed by atoms with Crippen LogP contribution in [-0.4, -0.2) is 31.6 Å². The van der Waals surface area contributed by atoms with Gasteiger partial charge in [0.05, 0.1) is 6.04 Å². The third-order valence-corrected chi connectivity index (χ3v) is 4.42. The molecule has 0 unspecified atom stereocenters. The van der Waals surface area contributed by atoms with Crippen molar-refractivity contribution >= 4 is 28.2 Å². The second kappa shape index (κ2) is 6.37. The van der Waals surface area contributed by atoms with E-state index in [0.717, 1.165) is 0 Å². The van der Waals surface area contributed by atoms with Gasteiger partial charge in [-0.3, -0.25) is 9.69 Å². The number of furan rings is 1. The number of nitrogens with zero attached hydrogens (tertiary/aromatic N) is 2. The molecule has 0 aliphatic heterocycles. The molecule has 0 aliphatic carbocycles. The summed E-state index contributed by atoms with van der Waals surface area (Å²) in [5, 5.41) is 10.2. The van der Waals surface area contributed by atoms with E-state index in [1.54, 1.807) is 20.8 Å². The number of carbonyl (C=O) groups is 1. The molecule has 1 atom stereocenters. The van der Waals surface area contributed by atoms with E-state index >= 15 is 0 Å². The van der Waals surface area contributed by atoms with Crippen molar-refractivity contribution in [2.75, 3.05) is 0 Å². The zero-order valence-corrected chi connectivity index (χ0v) is 15.8. The standard InChI is InChI=1S/C19H22FN3O4/c1-9(2)14(23(18(25)26)19(3,4)5)16-21-13-11-8-10(20)6-7-12(11)27-15(13)17(24)22-16/h6-9,14H,1-5H3,(H,25,26)(H,21,22,24)/t14-/m1/s1. The van der Waals surface area contributed by atoms with Gasteiger partial charge in [0, 0.05) is 10.9 Å². The number of rotatable bonds is 3. The average Bonchev–Trinajstić information content (AvgIpc) is 2.89. The quantitative estimate of drug-likeness (QED) is 0.712. The molecular formula is C19H22FN3O4. The molecule has 0 saturated heterocycles. The molecule has 1 aromatic carbocycles. The average molecular weight is 375 g/mol. The van der Waals surface area contributed by atoms with Gasteiger partial charge in [-0.05, 0) is 44.9 Å². The maximum atomic E-state index is 13.7. The highest BCUT2D eigenvalue weighted by atomic mass is 19.1. The smallest absolute Gasteiger partial charge is 0.408 e. The first-order valence-corrected chi connectivity index (χ1v) is 8.65. The molecule has 0 saturated carbocycles. The van der Waals surface area contributed by atoms with Crippen LogP contribution in [0.1, 0.15) is 46.5 Å². The van der Waals surface area contributed by atoms with Crippen molar-refractivity contribution in [1.29, 1.82) is 0 Å². The number of halogens is 1. The predicted molar refractivity (Wildman–Crippen MR) is 99.3 cm³/mol. The molecule has 0 radical (unpaired) electrons. The Morgan fingerprint density at radius 1 is 1.33 bits per heavy atom. The minimum atomic E-state index is -1.12. The van der Waals surface area contributed by atoms with Crippen molar-refractivity contribution in [2.45, 2.75) is 46.2 Å². The first-order valence-electron chi connectivity index (χ1n) is 8.65. The normalized spacial score (nSPS) is 13.4. The van der Waals surface area contributed by atoms with Crippen molar-refractivity contribution in [1.82, 2.24) is 14.9 Å². The van der Waals surface area contributed by atoms with Gasteiger partial charge < -0.3 is 14.5 Å². The van der Waals surface area contributed by atoms with E-state index in [2.05, 4.69) is 9.97 Å². The van der Waals surface area contributed by atoms with Crippen molar-refractivity contribution in [3.8, 4) is 0 Å². The van der Waals surface area contributed by atoms with E-state index in [-0.39, 0.29) is 22.8 Å². The van der Waals surface area contributed by atoms with Crippen LogP contribution in [0.25, 0.3) is 22.1 Å². The van der Waals surface area contributed by atoms with Gasteiger partial charge in [0.15, 0.2) is 0 Å². The first kappa shape index (κ1) is 18.9. The number of carboxylic acid groups (broad SMARTS) is 1. The molecule has 0 aliphatic rings. The number of aromatic amines is 1. The summed E-state index contributed by atoms with van der Waals surface area (Å²) in [5.41, 5.74) is -0.712. The van der Waals surface area contributed by atoms with Crippen molar-refractivity contribution in [3.63, 3.8) is 0 Å². The van der Waals surface area contributed by atoms with E-state index in [9.17, 15) is 19.1 Å². The van der Waals surface area contributed by atoms with E-state index in [1.165, 1.54) is 23.1 Å². The molecule has 3 aromatic rings. The summed E-state index contributed by atoms with van der Waals surface area (Å²) in [6.45, 7) is 9.02. The lowest BCUT2D eigenvalue weighted by molar-refractivity contribution is 0.0502. The maximum Gasteiger partial charge on any atom is 0.408 e. The second-order valence-electron chi connectivity index (χ2n) is 7.88. The van der Waals surface area contributed by atoms with E-state index < -0.39 is 29.1 Å². The van der Waals surface area contributed by atoms with Gasteiger partial charge in [0.2, 0.25) is 5.58 Å². The molecule has 7 nitrogen and oxygen atoms in total. The second-order valence-corrected chi connectivity index (χ2v) is 7.88. The molecule has 3 rings (SSSR count). The number of amides is 1. The number of hydrogen-bond donors (Lipinski definition) is 2. The van der Waals surface area contributed by atoms with E-state index in [1.807, 2.05) is 13.8 Å². The molecule has 2 N–H and O–H groups in total. The summed E-state index contributed by atoms with van der Waals surface area (Å²) in [6, 6.07) is 3.23. The van der Waals surface area contributed by atoms with Crippen molar-refractivity contribution < 1.29 is 18.7 Å². The van der Waals surface area contributed by atoms with Crippen LogP contribution in [0.3, 0.4) is 0 Å². The summed E-state index contributed by atoms with van der Waals surface area (Å²) < 4.78 is 19.2. The van der Waals surface area contributed by atoms with Gasteiger partial charge in [0.1, 0.15) is 22.7 Å². The van der Waals surface area contributed by atoms with Crippen LogP contribution in [0.15, 0.2) is 27.4 Å². The summed E-state index contributed by atoms with van der Waals surface area (Å²) in [4.78, 5) is 32.9. The van der Waals surface area contributed by atoms with Gasteiger partial charge in [-0.1, -0.05) is 13.8 Å². The van der Waals surface area contributed by atoms with Gasteiger partial charge in [0.25, 0.3) is 5.56 Å². The van der Waals surface area contributed by atoms with Gasteiger partial charge >= 0.3 is 6.09 Å². The van der Waals surface area contributed by atoms with Crippen molar-refractivity contribution in [3.05, 3.63) is 40.2 Å². The Morgan fingerprint density at radius 3 is 2.56 bits per heavy atom. The number of fused-ring (bicyclic) bond motifs is 3. The Morgan fingerprint density at radius 2 is 2.00 bits per heavy atom. The minimum absolute atomic E-state index is 0.0144. The third kappa shape index (κ3) is 3.27. The van der Waals surface area contributed by atoms with Gasteiger partial charge in [-0.2, -0.15) is 0 Å². The zero-order chi connectivity index (χ0) is 20.1. The topological polar surface area (TPSA) is 99.4 Å². The lowest BCUT2D eigenvalue weighted by atomic mass is 9.95. The summed E-state index contributed by atoms with van der Waals surface area (Å²) in [5.74, 6) is -0.446. The fraction of sp³-hybridized carbons (Fsp3) is 0.421. The molecular weight excluding hydrogens is 353 g/mol. The Bertz CT molecular complexity index is 1080. The number of nitrogens with one attached hydrogen (secondary N) is 1. The summed E-state index contributed by atoms with van der Waals surface area (Å²) >= 11 is 0. The lowest BCUT2D eigenvalue weighted by Gasteiger charge is -2.40. The fourth-order valence-corrected chi connectivity index (χ4v) is 3.34. The molecule has 0 spiro atoms. The van der Waals surface area contributed by atoms with Gasteiger partial charge in [-0.25, -0.2) is 14.2 Å². The predicted octanol–water partition coefficient (Wildman–Crippen LogP) is 4.28. The van der Waals surface area contributed by atoms with E-state index in [0.29, 0.717) is 11.0 Å². The van der Waals surface area contributed by atoms with Crippen LogP contribution in [-0.2, 0) is 0 Å². The Labute approximate surface area is 154 Å². The first-order chi connectivity index (χ1) is 12.5. The summed E-state index contributed by atoms with van der Waals surface area (Å²) in [6.07, 6.45) is -1.12. The Balaban J connectivity index is 2.30. The molecule has 2 heterocycles. The molecule has 144 valence electrons. The van der Waals surface area contributed by atoms with Crippen LogP contribution >= 0.6 is 0 Å². The summed E-state index contributed by atoms with van der Waals surface area (Å²) in [7, 11) is 0. The van der Waals surface area contributed by atoms with E-state index in [4.69, 9.17) is 4.42 Å². The number of hydrogen-bond acceptors (Lipinski definition) is 4. The molecule has 2 aromatic heterocycles. The molecule has 8 heteroatoms. The highest BCUT2D eigenvalue weighted by molar-refractivity contribution is 6.01. The molecule has 0 fully saturated rings. The van der Waals surface area contributed by atoms with Crippen LogP contribution < -0.4 is 5.56 Å². The van der Waals surface area contributed by atoms with Gasteiger partial charge in [-0.15, -0.1) is 0 Å². The van der Waals surface area contributed by atoms with Crippen LogP contribution in [0, 0.1) is 11.7 Å². The Hall–Kier alpha value is -2.90. The highest BCUT2D eigenvalue weighted by Gasteiger charge is 2.37. The maximum absolute atomic E-state index is 13.7. The molecule has 27 heavy (non-hydrogen) atoms. The minimum Gasteiger partial charge on any atom is -0.465 e. The van der Waals surface area contributed by atoms with Crippen LogP contribution in [0.4, 0.5) is 9.18 Å². The SMILES string of the molecule is CC(C)[C@H](c1nc2c(oc3ccc(F)cc32)c(=O)[nH]1)N(C(=O)O)C(C)(C)C. The Kier molecular flexibility index (Phi) is 4.45.